The van der Waals surface area contributed by atoms with Gasteiger partial charge in [0.25, 0.3) is 0 Å². The fourth-order valence-electron chi connectivity index (χ4n) is 9.77. The van der Waals surface area contributed by atoms with E-state index in [2.05, 4.69) is 40.8 Å². The number of benzene rings is 4. The van der Waals surface area contributed by atoms with Crippen molar-refractivity contribution in [1.82, 2.24) is 10.2 Å². The van der Waals surface area contributed by atoms with Crippen LogP contribution in [0, 0.1) is 11.3 Å². The summed E-state index contributed by atoms with van der Waals surface area (Å²) < 4.78 is 18.1. The third kappa shape index (κ3) is 6.98. The standard InChI is InChI=1S/C26H26N2O3.C21H21N3O2.CH4/c1-26(2,3)31-25(29)28-18-11-12-19(28)14-17(13-18)23-20-8-4-5-10-22(20)30-24-16(15-27)7-6-9-21(23)24;22-21(24-25)17-6-3-5-16-19(12-10-13-8-9-14(11-12)23-13)15-4-1-2-7-18(15)26-20(16)17;/h4-10,18-19H,11-14H2,1-3H3;1-7,13-14,23,25H,8-11H2,(H2,22,24);1H4/t18-,19+;13-,14+;. The number of fused-ring (bicyclic) bond motifs is 8. The van der Waals surface area contributed by atoms with Crippen molar-refractivity contribution in [1.29, 1.82) is 5.26 Å². The van der Waals surface area contributed by atoms with E-state index < -0.39 is 5.60 Å². The number of para-hydroxylation sites is 4. The van der Waals surface area contributed by atoms with Gasteiger partial charge in [-0.15, -0.1) is 0 Å². The number of nitriles is 1. The first-order valence-corrected chi connectivity index (χ1v) is 20.0. The zero-order valence-corrected chi connectivity index (χ0v) is 32.5. The predicted molar refractivity (Wildman–Crippen MR) is 225 cm³/mol. The molecule has 6 aliphatic heterocycles. The number of piperidine rings is 2. The molecule has 4 fully saturated rings. The van der Waals surface area contributed by atoms with Crippen LogP contribution in [0.2, 0.25) is 0 Å². The highest BCUT2D eigenvalue weighted by molar-refractivity contribution is 6.03. The minimum Gasteiger partial charge on any atom is -0.455 e. The Labute approximate surface area is 340 Å². The van der Waals surface area contributed by atoms with Gasteiger partial charge in [0.2, 0.25) is 0 Å². The number of carbonyl (C=O) groups excluding carboxylic acids is 1. The lowest BCUT2D eigenvalue weighted by atomic mass is 9.83. The van der Waals surface area contributed by atoms with Crippen LogP contribution in [-0.2, 0) is 4.74 Å². The molecule has 0 aromatic heterocycles. The maximum absolute atomic E-state index is 12.9. The lowest BCUT2D eigenvalue weighted by molar-refractivity contribution is 0.0115. The quantitative estimate of drug-likeness (QED) is 0.0648. The van der Waals surface area contributed by atoms with Crippen molar-refractivity contribution in [3.05, 3.63) is 129 Å². The highest BCUT2D eigenvalue weighted by atomic mass is 16.6. The molecule has 0 saturated carbocycles. The zero-order chi connectivity index (χ0) is 39.4. The molecule has 10 heteroatoms. The molecule has 0 aliphatic carbocycles. The number of amidine groups is 1. The molecular formula is C48H51N5O5. The van der Waals surface area contributed by atoms with E-state index in [0.29, 0.717) is 34.7 Å². The van der Waals surface area contributed by atoms with E-state index in [4.69, 9.17) is 25.2 Å². The van der Waals surface area contributed by atoms with Crippen molar-refractivity contribution in [2.75, 3.05) is 0 Å². The zero-order valence-electron chi connectivity index (χ0n) is 32.5. The molecule has 4 aromatic carbocycles. The normalized spacial score (nSPS) is 24.9. The van der Waals surface area contributed by atoms with Crippen LogP contribution in [0.25, 0.3) is 11.1 Å². The lowest BCUT2D eigenvalue weighted by Gasteiger charge is -2.38. The molecule has 1 amide bonds. The molecule has 6 aliphatic rings. The van der Waals surface area contributed by atoms with Gasteiger partial charge in [0.1, 0.15) is 28.9 Å². The topological polar surface area (TPSA) is 142 Å². The molecule has 10 nitrogen and oxygen atoms in total. The van der Waals surface area contributed by atoms with Crippen molar-refractivity contribution < 1.29 is 24.2 Å². The van der Waals surface area contributed by atoms with E-state index in [1.807, 2.05) is 80.3 Å². The van der Waals surface area contributed by atoms with Crippen LogP contribution in [0.5, 0.6) is 23.0 Å². The first-order valence-electron chi connectivity index (χ1n) is 20.0. The molecule has 10 rings (SSSR count). The Morgan fingerprint density at radius 2 is 1.29 bits per heavy atom. The number of ether oxygens (including phenoxy) is 3. The summed E-state index contributed by atoms with van der Waals surface area (Å²) in [5.74, 6) is 2.98. The summed E-state index contributed by atoms with van der Waals surface area (Å²) in [4.78, 5) is 14.8. The number of nitrogens with two attached hydrogens (primary N) is 1. The Balaban J connectivity index is 0.000000161. The number of hydrogen-bond donors (Lipinski definition) is 3. The van der Waals surface area contributed by atoms with E-state index in [1.54, 1.807) is 6.07 Å². The average Bonchev–Trinajstić information content (AvgIpc) is 3.70. The van der Waals surface area contributed by atoms with Gasteiger partial charge in [-0.2, -0.15) is 5.26 Å². The van der Waals surface area contributed by atoms with Gasteiger partial charge in [-0.3, -0.25) is 0 Å². The van der Waals surface area contributed by atoms with Crippen LogP contribution in [0.3, 0.4) is 0 Å². The van der Waals surface area contributed by atoms with Crippen molar-refractivity contribution >= 4 is 23.1 Å². The van der Waals surface area contributed by atoms with Crippen molar-refractivity contribution in [2.24, 2.45) is 10.9 Å². The summed E-state index contributed by atoms with van der Waals surface area (Å²) in [5.41, 5.74) is 16.0. The highest BCUT2D eigenvalue weighted by Gasteiger charge is 2.44. The number of amides is 1. The Morgan fingerprint density at radius 1 is 0.776 bits per heavy atom. The summed E-state index contributed by atoms with van der Waals surface area (Å²) in [5, 5.41) is 25.7. The summed E-state index contributed by atoms with van der Waals surface area (Å²) in [6.45, 7) is 5.73. The molecule has 4 bridgehead atoms. The highest BCUT2D eigenvalue weighted by Crippen LogP contribution is 2.51. The Kier molecular flexibility index (Phi) is 10.3. The molecular weight excluding hydrogens is 727 g/mol. The molecule has 6 heterocycles. The van der Waals surface area contributed by atoms with Crippen LogP contribution >= 0.6 is 0 Å². The van der Waals surface area contributed by atoms with E-state index in [9.17, 15) is 10.1 Å². The number of carbonyl (C=O) groups is 1. The molecule has 4 saturated heterocycles. The first-order chi connectivity index (χ1) is 27.6. The summed E-state index contributed by atoms with van der Waals surface area (Å²) in [6.07, 6.45) is 8.02. The fourth-order valence-corrected chi connectivity index (χ4v) is 9.77. The lowest BCUT2D eigenvalue weighted by Crippen LogP contribution is -2.47. The molecule has 0 spiro atoms. The second-order valence-corrected chi connectivity index (χ2v) is 16.8. The third-order valence-corrected chi connectivity index (χ3v) is 12.0. The number of hydrogen-bond acceptors (Lipinski definition) is 8. The van der Waals surface area contributed by atoms with E-state index >= 15 is 0 Å². The van der Waals surface area contributed by atoms with Crippen LogP contribution in [0.15, 0.2) is 101 Å². The second kappa shape index (κ2) is 15.4. The summed E-state index contributed by atoms with van der Waals surface area (Å²) >= 11 is 0. The van der Waals surface area contributed by atoms with E-state index in [-0.39, 0.29) is 31.4 Å². The monoisotopic (exact) mass is 777 g/mol. The smallest absolute Gasteiger partial charge is 0.410 e. The van der Waals surface area contributed by atoms with Crippen LogP contribution in [-0.4, -0.2) is 51.8 Å². The largest absolute Gasteiger partial charge is 0.455 e. The number of nitrogens with one attached hydrogen (secondary N) is 1. The molecule has 0 radical (unpaired) electrons. The summed E-state index contributed by atoms with van der Waals surface area (Å²) in [7, 11) is 0. The van der Waals surface area contributed by atoms with Gasteiger partial charge < -0.3 is 35.4 Å². The van der Waals surface area contributed by atoms with Crippen molar-refractivity contribution in [3.63, 3.8) is 0 Å². The number of rotatable bonds is 1. The predicted octanol–water partition coefficient (Wildman–Crippen LogP) is 10.3. The molecule has 298 valence electrons. The Hall–Kier alpha value is -6.05. The average molecular weight is 778 g/mol. The Morgan fingerprint density at radius 3 is 1.86 bits per heavy atom. The molecule has 4 aromatic rings. The Bertz CT molecular complexity index is 2390. The minimum atomic E-state index is -0.498. The SMILES string of the molecule is C.CC(C)(C)OC(=O)N1[C@@H]2CC[C@H]1CC(=C1c3ccccc3Oc3c(C#N)cccc31)C2.N/C(=N\O)c1cccc2c1Oc1ccccc1C2=C1C[C@H]2CC[C@@H](C1)N2. The van der Waals surface area contributed by atoms with Crippen LogP contribution < -0.4 is 20.5 Å². The van der Waals surface area contributed by atoms with E-state index in [1.165, 1.54) is 29.6 Å². The third-order valence-electron chi connectivity index (χ3n) is 12.0. The molecule has 4 atom stereocenters. The van der Waals surface area contributed by atoms with Gasteiger partial charge in [-0.05, 0) is 108 Å². The number of oxime groups is 1. The molecule has 0 unspecified atom stereocenters. The van der Waals surface area contributed by atoms with Crippen molar-refractivity contribution in [2.45, 2.75) is 109 Å². The molecule has 58 heavy (non-hydrogen) atoms. The fraction of sp³-hybridized carbons (Fsp3) is 0.354. The van der Waals surface area contributed by atoms with Gasteiger partial charge in [0, 0.05) is 46.4 Å². The van der Waals surface area contributed by atoms with Crippen LogP contribution in [0.1, 0.15) is 113 Å². The van der Waals surface area contributed by atoms with Gasteiger partial charge in [-0.25, -0.2) is 4.79 Å². The first kappa shape index (κ1) is 38.8. The van der Waals surface area contributed by atoms with Gasteiger partial charge >= 0.3 is 6.09 Å². The van der Waals surface area contributed by atoms with Gasteiger partial charge in [0.15, 0.2) is 11.6 Å². The maximum Gasteiger partial charge on any atom is 0.410 e. The van der Waals surface area contributed by atoms with E-state index in [0.717, 1.165) is 77.9 Å². The maximum atomic E-state index is 12.9. The number of nitrogens with zero attached hydrogens (tertiary/aromatic N) is 3. The second-order valence-electron chi connectivity index (χ2n) is 16.8. The van der Waals surface area contributed by atoms with Crippen molar-refractivity contribution in [3.8, 4) is 29.1 Å². The van der Waals surface area contributed by atoms with Gasteiger partial charge in [-0.1, -0.05) is 84.4 Å². The minimum absolute atomic E-state index is 0. The molecule has 4 N–H and O–H groups in total. The van der Waals surface area contributed by atoms with Gasteiger partial charge in [0.05, 0.1) is 11.1 Å². The van der Waals surface area contributed by atoms with Crippen LogP contribution in [0.4, 0.5) is 4.79 Å². The summed E-state index contributed by atoms with van der Waals surface area (Å²) in [6, 6.07) is 31.5.